The van der Waals surface area contributed by atoms with Gasteiger partial charge in [-0.25, -0.2) is 0 Å². The highest BCUT2D eigenvalue weighted by molar-refractivity contribution is 9.10. The molecule has 0 amide bonds. The second kappa shape index (κ2) is 20.6. The van der Waals surface area contributed by atoms with Gasteiger partial charge in [-0.2, -0.15) is 47.0 Å². The van der Waals surface area contributed by atoms with Gasteiger partial charge in [-0.15, -0.1) is 0 Å². The molecule has 0 spiro atoms. The second-order valence-corrected chi connectivity index (χ2v) is 12.7. The Hall–Kier alpha value is 0.980. The fourth-order valence-electron chi connectivity index (χ4n) is 2.72. The van der Waals surface area contributed by atoms with E-state index >= 15 is 0 Å². The normalized spacial score (nSPS) is 11.5. The molecular formula is C22H38BrNO2S4. The number of ether oxygens (including phenoxy) is 2. The number of hydrogen-bond acceptors (Lipinski definition) is 7. The number of thioether (sulfide) groups is 4. The summed E-state index contributed by atoms with van der Waals surface area (Å²) < 4.78 is 11.7. The average molecular weight is 557 g/mol. The minimum Gasteiger partial charge on any atom is -0.359 e. The Bertz CT molecular complexity index is 524. The lowest BCUT2D eigenvalue weighted by Gasteiger charge is -2.23. The highest BCUT2D eigenvalue weighted by atomic mass is 79.9. The van der Waals surface area contributed by atoms with Crippen molar-refractivity contribution in [2.75, 3.05) is 73.0 Å². The van der Waals surface area contributed by atoms with Crippen molar-refractivity contribution in [2.45, 2.75) is 27.0 Å². The zero-order valence-corrected chi connectivity index (χ0v) is 23.6. The van der Waals surface area contributed by atoms with Crippen molar-refractivity contribution in [3.05, 3.63) is 33.8 Å². The summed E-state index contributed by atoms with van der Waals surface area (Å²) in [4.78, 5) is 2.61. The molecule has 8 heteroatoms. The van der Waals surface area contributed by atoms with Gasteiger partial charge in [-0.05, 0) is 28.7 Å². The van der Waals surface area contributed by atoms with E-state index < -0.39 is 0 Å². The molecule has 0 aliphatic carbocycles. The van der Waals surface area contributed by atoms with Crippen LogP contribution in [0.15, 0.2) is 22.7 Å². The van der Waals surface area contributed by atoms with Gasteiger partial charge in [0, 0.05) is 65.7 Å². The van der Waals surface area contributed by atoms with E-state index in [1.807, 2.05) is 23.5 Å². The molecule has 0 N–H and O–H groups in total. The van der Waals surface area contributed by atoms with Crippen LogP contribution >= 0.6 is 63.0 Å². The number of benzene rings is 1. The van der Waals surface area contributed by atoms with E-state index in [9.17, 15) is 0 Å². The monoisotopic (exact) mass is 555 g/mol. The first kappa shape index (κ1) is 29.0. The fourth-order valence-corrected chi connectivity index (χ4v) is 6.72. The first-order chi connectivity index (χ1) is 14.7. The molecule has 1 aromatic carbocycles. The summed E-state index contributed by atoms with van der Waals surface area (Å²) >= 11 is 11.9. The van der Waals surface area contributed by atoms with Gasteiger partial charge in [0.1, 0.15) is 6.79 Å². The zero-order chi connectivity index (χ0) is 21.9. The van der Waals surface area contributed by atoms with Gasteiger partial charge in [0.05, 0.1) is 6.61 Å². The van der Waals surface area contributed by atoms with Crippen LogP contribution in [0.1, 0.15) is 25.0 Å². The highest BCUT2D eigenvalue weighted by Crippen LogP contribution is 2.21. The van der Waals surface area contributed by atoms with Crippen LogP contribution in [0.5, 0.6) is 0 Å². The number of hydrogen-bond donors (Lipinski definition) is 0. The zero-order valence-electron chi connectivity index (χ0n) is 18.7. The van der Waals surface area contributed by atoms with Gasteiger partial charge in [-0.1, -0.05) is 41.9 Å². The molecule has 3 nitrogen and oxygen atoms in total. The van der Waals surface area contributed by atoms with Crippen LogP contribution in [-0.4, -0.2) is 77.9 Å². The molecule has 0 fully saturated rings. The first-order valence-corrected chi connectivity index (χ1v) is 16.0. The van der Waals surface area contributed by atoms with Crippen molar-refractivity contribution in [2.24, 2.45) is 0 Å². The molecule has 1 rings (SSSR count). The van der Waals surface area contributed by atoms with Gasteiger partial charge in [0.15, 0.2) is 0 Å². The van der Waals surface area contributed by atoms with E-state index in [1.165, 1.54) is 57.1 Å². The quantitative estimate of drug-likeness (QED) is 0.136. The Balaban J connectivity index is 2.53. The SMILES string of the molecule is CCSCCSCCN(CCSCCSCC)Cc1ccc(Br)c(COCOC)c1. The third kappa shape index (κ3) is 14.9. The molecule has 0 saturated carbocycles. The van der Waals surface area contributed by atoms with E-state index in [-0.39, 0.29) is 0 Å². The maximum absolute atomic E-state index is 5.56. The van der Waals surface area contributed by atoms with E-state index in [4.69, 9.17) is 9.47 Å². The van der Waals surface area contributed by atoms with Crippen molar-refractivity contribution in [3.63, 3.8) is 0 Å². The molecule has 0 saturated heterocycles. The molecule has 0 unspecified atom stereocenters. The number of methoxy groups -OCH3 is 1. The predicted octanol–water partition coefficient (Wildman–Crippen LogP) is 6.34. The molecule has 0 aromatic heterocycles. The molecule has 0 heterocycles. The summed E-state index contributed by atoms with van der Waals surface area (Å²) in [5, 5.41) is 0. The summed E-state index contributed by atoms with van der Waals surface area (Å²) in [7, 11) is 1.65. The predicted molar refractivity (Wildman–Crippen MR) is 147 cm³/mol. The van der Waals surface area contributed by atoms with Crippen molar-refractivity contribution < 1.29 is 9.47 Å². The Morgan fingerprint density at radius 1 is 0.867 bits per heavy atom. The summed E-state index contributed by atoms with van der Waals surface area (Å²) in [5.74, 6) is 9.92. The van der Waals surface area contributed by atoms with E-state index in [0.29, 0.717) is 13.4 Å². The maximum atomic E-state index is 5.56. The van der Waals surface area contributed by atoms with E-state index in [0.717, 1.165) is 24.1 Å². The standard InChI is InChI=1S/C22H38BrNO2S4/c1-4-27-12-14-29-10-8-24(9-11-30-15-13-28-5-2)17-20-6-7-22(23)21(16-20)18-26-19-25-3/h6-7,16H,4-5,8-15,17-19H2,1-3H3. The summed E-state index contributed by atoms with van der Waals surface area (Å²) in [6, 6.07) is 6.64. The van der Waals surface area contributed by atoms with Gasteiger partial charge in [-0.3, -0.25) is 4.90 Å². The van der Waals surface area contributed by atoms with Crippen molar-refractivity contribution in [3.8, 4) is 0 Å². The highest BCUT2D eigenvalue weighted by Gasteiger charge is 2.09. The summed E-state index contributed by atoms with van der Waals surface area (Å²) in [5.41, 5.74) is 2.54. The molecule has 0 atom stereocenters. The van der Waals surface area contributed by atoms with Crippen LogP contribution in [0.4, 0.5) is 0 Å². The van der Waals surface area contributed by atoms with Crippen LogP contribution in [0.3, 0.4) is 0 Å². The van der Waals surface area contributed by atoms with Crippen LogP contribution in [0, 0.1) is 0 Å². The van der Waals surface area contributed by atoms with E-state index in [2.05, 4.69) is 76.4 Å². The van der Waals surface area contributed by atoms with Crippen LogP contribution in [-0.2, 0) is 22.6 Å². The smallest absolute Gasteiger partial charge is 0.146 e. The molecule has 30 heavy (non-hydrogen) atoms. The lowest BCUT2D eigenvalue weighted by atomic mass is 10.1. The Morgan fingerprint density at radius 2 is 1.47 bits per heavy atom. The Morgan fingerprint density at radius 3 is 2.03 bits per heavy atom. The van der Waals surface area contributed by atoms with Crippen molar-refractivity contribution in [1.82, 2.24) is 4.90 Å². The minimum absolute atomic E-state index is 0.323. The van der Waals surface area contributed by atoms with Crippen molar-refractivity contribution in [1.29, 1.82) is 0 Å². The molecular weight excluding hydrogens is 518 g/mol. The molecule has 0 aliphatic rings. The van der Waals surface area contributed by atoms with E-state index in [1.54, 1.807) is 7.11 Å². The van der Waals surface area contributed by atoms with Gasteiger partial charge in [0.25, 0.3) is 0 Å². The maximum Gasteiger partial charge on any atom is 0.146 e. The Labute approximate surface area is 210 Å². The number of nitrogens with zero attached hydrogens (tertiary/aromatic N) is 1. The summed E-state index contributed by atoms with van der Waals surface area (Å²) in [6.07, 6.45) is 0. The van der Waals surface area contributed by atoms with Gasteiger partial charge in [0.2, 0.25) is 0 Å². The molecule has 0 bridgehead atoms. The lowest BCUT2D eigenvalue weighted by molar-refractivity contribution is -0.0392. The third-order valence-corrected chi connectivity index (χ3v) is 9.25. The van der Waals surface area contributed by atoms with Crippen LogP contribution < -0.4 is 0 Å². The van der Waals surface area contributed by atoms with Gasteiger partial charge < -0.3 is 9.47 Å². The molecule has 174 valence electrons. The number of halogens is 1. The first-order valence-electron chi connectivity index (χ1n) is 10.6. The minimum atomic E-state index is 0.323. The van der Waals surface area contributed by atoms with Gasteiger partial charge >= 0.3 is 0 Å². The lowest BCUT2D eigenvalue weighted by Crippen LogP contribution is -2.28. The molecule has 0 radical (unpaired) electrons. The third-order valence-electron chi connectivity index (χ3n) is 4.23. The van der Waals surface area contributed by atoms with Crippen LogP contribution in [0.25, 0.3) is 0 Å². The summed E-state index contributed by atoms with van der Waals surface area (Å²) in [6.45, 7) is 8.66. The molecule has 0 aliphatic heterocycles. The second-order valence-electron chi connectivity index (χ2n) is 6.58. The number of rotatable bonds is 20. The largest absolute Gasteiger partial charge is 0.359 e. The molecule has 1 aromatic rings. The topological polar surface area (TPSA) is 21.7 Å². The Kier molecular flexibility index (Phi) is 19.9. The van der Waals surface area contributed by atoms with Crippen molar-refractivity contribution >= 4 is 63.0 Å². The average Bonchev–Trinajstić information content (AvgIpc) is 2.75. The fraction of sp³-hybridized carbons (Fsp3) is 0.727. The van der Waals surface area contributed by atoms with Crippen LogP contribution in [0.2, 0.25) is 0 Å².